The van der Waals surface area contributed by atoms with Crippen LogP contribution in [0.4, 0.5) is 0 Å². The molecule has 0 atom stereocenters. The molecule has 0 bridgehead atoms. The first kappa shape index (κ1) is 16.1. The zero-order valence-electron chi connectivity index (χ0n) is 12.4. The van der Waals surface area contributed by atoms with Gasteiger partial charge >= 0.3 is 0 Å². The summed E-state index contributed by atoms with van der Waals surface area (Å²) >= 11 is 7.32. The maximum atomic E-state index is 12.6. The van der Waals surface area contributed by atoms with E-state index in [1.54, 1.807) is 24.3 Å². The average molecular weight is 324 g/mol. The van der Waals surface area contributed by atoms with Gasteiger partial charge in [-0.2, -0.15) is 0 Å². The molecule has 1 heterocycles. The number of halogens is 1. The van der Waals surface area contributed by atoms with Crippen LogP contribution in [0, 0.1) is 5.92 Å². The summed E-state index contributed by atoms with van der Waals surface area (Å²) in [5.74, 6) is 0.619. The minimum Gasteiger partial charge on any atom is -0.274 e. The maximum absolute atomic E-state index is 12.6. The molecular weight excluding hydrogens is 306 g/mol. The second-order valence-corrected chi connectivity index (χ2v) is 6.97. The Labute approximate surface area is 134 Å². The van der Waals surface area contributed by atoms with Gasteiger partial charge in [-0.05, 0) is 29.4 Å². The van der Waals surface area contributed by atoms with Crippen molar-refractivity contribution in [3.63, 3.8) is 0 Å². The molecular formula is C16H18ClNO2S. The van der Waals surface area contributed by atoms with Crippen LogP contribution in [0.25, 0.3) is 5.57 Å². The quantitative estimate of drug-likeness (QED) is 0.773. The highest BCUT2D eigenvalue weighted by Crippen LogP contribution is 2.36. The van der Waals surface area contributed by atoms with Crippen LogP contribution in [0.2, 0.25) is 5.02 Å². The molecule has 0 fully saturated rings. The summed E-state index contributed by atoms with van der Waals surface area (Å²) in [6, 6.07) is 7.05. The van der Waals surface area contributed by atoms with Crippen molar-refractivity contribution in [1.82, 2.24) is 4.90 Å². The molecule has 0 radical (unpaired) electrons. The molecule has 2 rings (SSSR count). The highest BCUT2D eigenvalue weighted by atomic mass is 35.5. The fraction of sp³-hybridized carbons (Fsp3) is 0.375. The number of carbonyl (C=O) groups excluding carboxylic acids is 2. The molecule has 1 aliphatic heterocycles. The van der Waals surface area contributed by atoms with Crippen molar-refractivity contribution in [3.05, 3.63) is 39.8 Å². The molecule has 0 saturated heterocycles. The van der Waals surface area contributed by atoms with Crippen LogP contribution in [0.1, 0.15) is 26.3 Å². The Morgan fingerprint density at radius 2 is 1.76 bits per heavy atom. The average Bonchev–Trinajstić information content (AvgIpc) is 2.65. The van der Waals surface area contributed by atoms with Gasteiger partial charge in [0.05, 0.1) is 10.5 Å². The number of rotatable bonds is 5. The van der Waals surface area contributed by atoms with E-state index in [9.17, 15) is 9.59 Å². The number of amides is 2. The summed E-state index contributed by atoms with van der Waals surface area (Å²) < 4.78 is 0. The van der Waals surface area contributed by atoms with Crippen molar-refractivity contribution >= 4 is 40.8 Å². The summed E-state index contributed by atoms with van der Waals surface area (Å²) in [7, 11) is 0. The third-order valence-corrected chi connectivity index (χ3v) is 4.30. The molecule has 0 saturated carbocycles. The Balaban J connectivity index is 2.44. The third-order valence-electron chi connectivity index (χ3n) is 3.09. The zero-order valence-corrected chi connectivity index (χ0v) is 13.9. The van der Waals surface area contributed by atoms with Gasteiger partial charge in [0, 0.05) is 11.6 Å². The van der Waals surface area contributed by atoms with E-state index in [1.807, 2.05) is 20.8 Å². The first-order valence-corrected chi connectivity index (χ1v) is 8.31. The second-order valence-electron chi connectivity index (χ2n) is 5.26. The summed E-state index contributed by atoms with van der Waals surface area (Å²) in [5.41, 5.74) is 1.25. The molecule has 1 aromatic carbocycles. The lowest BCUT2D eigenvalue weighted by atomic mass is 10.1. The minimum absolute atomic E-state index is 0.175. The molecule has 0 aliphatic carbocycles. The van der Waals surface area contributed by atoms with Gasteiger partial charge < -0.3 is 0 Å². The Morgan fingerprint density at radius 3 is 2.29 bits per heavy atom. The normalized spacial score (nSPS) is 15.6. The second kappa shape index (κ2) is 6.67. The third kappa shape index (κ3) is 3.33. The van der Waals surface area contributed by atoms with Crippen molar-refractivity contribution in [1.29, 1.82) is 0 Å². The van der Waals surface area contributed by atoms with Crippen molar-refractivity contribution < 1.29 is 9.59 Å². The monoisotopic (exact) mass is 323 g/mol. The van der Waals surface area contributed by atoms with Crippen LogP contribution < -0.4 is 0 Å². The molecule has 5 heteroatoms. The minimum atomic E-state index is -0.202. The van der Waals surface area contributed by atoms with Crippen LogP contribution in [0.5, 0.6) is 0 Å². The first-order chi connectivity index (χ1) is 9.95. The topological polar surface area (TPSA) is 37.4 Å². The zero-order chi connectivity index (χ0) is 15.6. The number of hydrogen-bond acceptors (Lipinski definition) is 3. The molecule has 1 aliphatic rings. The summed E-state index contributed by atoms with van der Waals surface area (Å²) in [4.78, 5) is 27.0. The fourth-order valence-electron chi connectivity index (χ4n) is 2.23. The molecule has 112 valence electrons. The largest absolute Gasteiger partial charge is 0.274 e. The number of hydrogen-bond donors (Lipinski definition) is 0. The van der Waals surface area contributed by atoms with Gasteiger partial charge in [0.1, 0.15) is 0 Å². The molecule has 0 N–H and O–H groups in total. The lowest BCUT2D eigenvalue weighted by Gasteiger charge is -2.17. The van der Waals surface area contributed by atoms with E-state index in [1.165, 1.54) is 16.7 Å². The van der Waals surface area contributed by atoms with E-state index in [4.69, 9.17) is 11.6 Å². The van der Waals surface area contributed by atoms with E-state index >= 15 is 0 Å². The molecule has 0 aromatic heterocycles. The van der Waals surface area contributed by atoms with Gasteiger partial charge in [-0.15, -0.1) is 11.8 Å². The van der Waals surface area contributed by atoms with Crippen LogP contribution in [-0.4, -0.2) is 29.0 Å². The smallest absolute Gasteiger partial charge is 0.267 e. The maximum Gasteiger partial charge on any atom is 0.267 e. The highest BCUT2D eigenvalue weighted by molar-refractivity contribution is 8.04. The molecule has 0 spiro atoms. The summed E-state index contributed by atoms with van der Waals surface area (Å²) in [5, 5.41) is 0.611. The predicted octanol–water partition coefficient (Wildman–Crippen LogP) is 3.83. The van der Waals surface area contributed by atoms with E-state index in [0.29, 0.717) is 22.0 Å². The molecule has 2 amide bonds. The lowest BCUT2D eigenvalue weighted by molar-refractivity contribution is -0.137. The Morgan fingerprint density at radius 1 is 1.14 bits per heavy atom. The number of carbonyl (C=O) groups is 2. The molecule has 21 heavy (non-hydrogen) atoms. The number of nitrogens with zero attached hydrogens (tertiary/aromatic N) is 1. The van der Waals surface area contributed by atoms with Crippen molar-refractivity contribution in [3.8, 4) is 0 Å². The highest BCUT2D eigenvalue weighted by Gasteiger charge is 2.38. The van der Waals surface area contributed by atoms with Gasteiger partial charge in [0.25, 0.3) is 11.8 Å². The van der Waals surface area contributed by atoms with E-state index in [2.05, 4.69) is 0 Å². The van der Waals surface area contributed by atoms with Gasteiger partial charge in [-0.1, -0.05) is 44.5 Å². The summed E-state index contributed by atoms with van der Waals surface area (Å²) in [6.45, 7) is 6.41. The Hall–Kier alpha value is -1.26. The van der Waals surface area contributed by atoms with Crippen LogP contribution >= 0.6 is 23.4 Å². The van der Waals surface area contributed by atoms with Gasteiger partial charge in [0.15, 0.2) is 0 Å². The van der Waals surface area contributed by atoms with Gasteiger partial charge in [-0.3, -0.25) is 14.5 Å². The van der Waals surface area contributed by atoms with Crippen LogP contribution in [-0.2, 0) is 9.59 Å². The first-order valence-electron chi connectivity index (χ1n) is 6.94. The van der Waals surface area contributed by atoms with Crippen molar-refractivity contribution in [2.45, 2.75) is 20.8 Å². The van der Waals surface area contributed by atoms with Crippen LogP contribution in [0.3, 0.4) is 0 Å². The number of benzene rings is 1. The molecule has 3 nitrogen and oxygen atoms in total. The Kier molecular flexibility index (Phi) is 5.12. The number of imide groups is 1. The van der Waals surface area contributed by atoms with E-state index in [0.717, 1.165) is 11.3 Å². The summed E-state index contributed by atoms with van der Waals surface area (Å²) in [6.07, 6.45) is 0. The number of thioether (sulfide) groups is 1. The standard InChI is InChI=1S/C16H18ClNO2S/c1-4-21-14-13(11-5-7-12(17)8-6-11)15(19)18(16(14)20)9-10(2)3/h5-8,10H,4,9H2,1-3H3. The van der Waals surface area contributed by atoms with E-state index in [-0.39, 0.29) is 17.7 Å². The van der Waals surface area contributed by atoms with E-state index < -0.39 is 0 Å². The van der Waals surface area contributed by atoms with Crippen LogP contribution in [0.15, 0.2) is 29.2 Å². The SMILES string of the molecule is CCSC1=C(c2ccc(Cl)cc2)C(=O)N(CC(C)C)C1=O. The van der Waals surface area contributed by atoms with Crippen molar-refractivity contribution in [2.24, 2.45) is 5.92 Å². The molecule has 1 aromatic rings. The Bertz CT molecular complexity index is 593. The lowest BCUT2D eigenvalue weighted by Crippen LogP contribution is -2.34. The van der Waals surface area contributed by atoms with Gasteiger partial charge in [-0.25, -0.2) is 0 Å². The van der Waals surface area contributed by atoms with Gasteiger partial charge in [0.2, 0.25) is 0 Å². The fourth-order valence-corrected chi connectivity index (χ4v) is 3.23. The van der Waals surface area contributed by atoms with Crippen molar-refractivity contribution in [2.75, 3.05) is 12.3 Å². The molecule has 0 unspecified atom stereocenters. The predicted molar refractivity (Wildman–Crippen MR) is 88.1 cm³/mol.